The van der Waals surface area contributed by atoms with Gasteiger partial charge in [-0.2, -0.15) is 0 Å². The smallest absolute Gasteiger partial charge is 0.137 e. The van der Waals surface area contributed by atoms with Crippen LogP contribution in [0.15, 0.2) is 217 Å². The number of hydrogen-bond donors (Lipinski definition) is 0. The van der Waals surface area contributed by atoms with Crippen molar-refractivity contribution in [1.82, 2.24) is 0 Å². The Morgan fingerprint density at radius 3 is 1.85 bits per heavy atom. The number of fused-ring (bicyclic) bond motifs is 9. The van der Waals surface area contributed by atoms with E-state index in [4.69, 9.17) is 4.42 Å². The first-order chi connectivity index (χ1) is 30.0. The molecule has 288 valence electrons. The monoisotopic (exact) mass is 779 g/mol. The Morgan fingerprint density at radius 1 is 0.361 bits per heavy atom. The van der Waals surface area contributed by atoms with E-state index in [1.165, 1.54) is 66.1 Å². The van der Waals surface area contributed by atoms with Gasteiger partial charge in [-0.05, 0) is 114 Å². The van der Waals surface area contributed by atoms with Gasteiger partial charge >= 0.3 is 0 Å². The zero-order chi connectivity index (χ0) is 40.7. The average Bonchev–Trinajstić information content (AvgIpc) is 3.80. The summed E-state index contributed by atoms with van der Waals surface area (Å²) in [5.41, 5.74) is 17.2. The highest BCUT2D eigenvalue weighted by atomic mass is 16.3. The van der Waals surface area contributed by atoms with Gasteiger partial charge in [0.05, 0.1) is 5.69 Å². The van der Waals surface area contributed by atoms with Crippen LogP contribution in [0.25, 0.3) is 88.0 Å². The molecule has 0 amide bonds. The summed E-state index contributed by atoms with van der Waals surface area (Å²) in [4.78, 5) is 2.45. The molecule has 2 nitrogen and oxygen atoms in total. The molecule has 1 aromatic heterocycles. The summed E-state index contributed by atoms with van der Waals surface area (Å²) in [5.74, 6) is 0. The second-order valence-electron chi connectivity index (χ2n) is 16.9. The van der Waals surface area contributed by atoms with Gasteiger partial charge in [0, 0.05) is 39.2 Å². The Morgan fingerprint density at radius 2 is 0.967 bits per heavy atom. The van der Waals surface area contributed by atoms with Crippen molar-refractivity contribution in [1.29, 1.82) is 0 Å². The summed E-state index contributed by atoms with van der Waals surface area (Å²) in [6, 6.07) is 77.6. The first-order valence-corrected chi connectivity index (χ1v) is 21.2. The van der Waals surface area contributed by atoms with E-state index < -0.39 is 0 Å². The number of nitrogens with zero attached hydrogens (tertiary/aromatic N) is 1. The Hall–Kier alpha value is -7.68. The zero-order valence-electron chi connectivity index (χ0n) is 34.1. The number of benzene rings is 10. The molecule has 2 heteroatoms. The van der Waals surface area contributed by atoms with Crippen LogP contribution in [0, 0.1) is 0 Å². The van der Waals surface area contributed by atoms with Crippen molar-refractivity contribution in [2.24, 2.45) is 0 Å². The molecule has 0 radical (unpaired) electrons. The molecule has 11 aromatic rings. The van der Waals surface area contributed by atoms with Crippen LogP contribution < -0.4 is 4.90 Å². The van der Waals surface area contributed by atoms with E-state index in [1.54, 1.807) is 0 Å². The van der Waals surface area contributed by atoms with Crippen molar-refractivity contribution in [3.63, 3.8) is 0 Å². The van der Waals surface area contributed by atoms with Gasteiger partial charge in [-0.1, -0.05) is 178 Å². The molecule has 0 spiro atoms. The topological polar surface area (TPSA) is 16.4 Å². The molecule has 1 aliphatic carbocycles. The fourth-order valence-corrected chi connectivity index (χ4v) is 10.0. The molecule has 0 saturated carbocycles. The van der Waals surface area contributed by atoms with E-state index in [1.807, 2.05) is 6.07 Å². The van der Waals surface area contributed by atoms with Crippen LogP contribution in [-0.2, 0) is 5.41 Å². The molecule has 1 heterocycles. The number of furan rings is 1. The summed E-state index contributed by atoms with van der Waals surface area (Å²) in [6.45, 7) is 4.71. The fraction of sp³-hybridized carbons (Fsp3) is 0.0508. The van der Waals surface area contributed by atoms with Crippen LogP contribution in [0.2, 0.25) is 0 Å². The lowest BCUT2D eigenvalue weighted by Crippen LogP contribution is -2.17. The van der Waals surface area contributed by atoms with Crippen molar-refractivity contribution in [3.8, 4) is 44.5 Å². The molecule has 1 aliphatic rings. The van der Waals surface area contributed by atoms with Crippen molar-refractivity contribution in [3.05, 3.63) is 223 Å². The van der Waals surface area contributed by atoms with E-state index >= 15 is 0 Å². The Bertz CT molecular complexity index is 3500. The third-order valence-electron chi connectivity index (χ3n) is 13.1. The summed E-state index contributed by atoms with van der Waals surface area (Å²) in [6.07, 6.45) is 0. The van der Waals surface area contributed by atoms with Crippen molar-refractivity contribution >= 4 is 60.5 Å². The fourth-order valence-electron chi connectivity index (χ4n) is 10.0. The lowest BCUT2D eigenvalue weighted by Gasteiger charge is -2.31. The molecule has 0 fully saturated rings. The molecular weight excluding hydrogens is 739 g/mol. The molecule has 10 aromatic carbocycles. The summed E-state index contributed by atoms with van der Waals surface area (Å²) in [7, 11) is 0. The number of hydrogen-bond acceptors (Lipinski definition) is 2. The van der Waals surface area contributed by atoms with Crippen LogP contribution in [0.5, 0.6) is 0 Å². The van der Waals surface area contributed by atoms with Crippen LogP contribution in [0.3, 0.4) is 0 Å². The molecule has 61 heavy (non-hydrogen) atoms. The van der Waals surface area contributed by atoms with E-state index in [9.17, 15) is 0 Å². The van der Waals surface area contributed by atoms with E-state index in [2.05, 4.69) is 225 Å². The van der Waals surface area contributed by atoms with E-state index in [0.29, 0.717) is 0 Å². The van der Waals surface area contributed by atoms with E-state index in [0.717, 1.165) is 50.1 Å². The standard InChI is InChI=1S/C59H41NO/c1-59(2)53-20-10-8-17-49(53)50-33-30-44(36-54(50)59)60(45-31-34-52-51-18-9-11-22-56(51)61-57(52)37-45)55-21-12-19-48(58(55)41-26-23-39(24-27-41)38-13-4-3-5-14-38)43-29-32-47-42(35-43)28-25-40-15-6-7-16-46(40)47/h3-37H,1-2H3. The van der Waals surface area contributed by atoms with Gasteiger partial charge in [0.25, 0.3) is 0 Å². The van der Waals surface area contributed by atoms with Crippen molar-refractivity contribution < 1.29 is 4.42 Å². The molecule has 0 aliphatic heterocycles. The minimum absolute atomic E-state index is 0.163. The van der Waals surface area contributed by atoms with E-state index in [-0.39, 0.29) is 5.41 Å². The lowest BCUT2D eigenvalue weighted by atomic mass is 9.82. The molecule has 0 N–H and O–H groups in total. The van der Waals surface area contributed by atoms with Gasteiger partial charge in [0.2, 0.25) is 0 Å². The Labute approximate surface area is 355 Å². The maximum absolute atomic E-state index is 6.57. The largest absolute Gasteiger partial charge is 0.456 e. The first kappa shape index (κ1) is 35.3. The summed E-state index contributed by atoms with van der Waals surface area (Å²) < 4.78 is 6.57. The van der Waals surface area contributed by atoms with Gasteiger partial charge in [0.1, 0.15) is 11.2 Å². The van der Waals surface area contributed by atoms with Gasteiger partial charge in [0.15, 0.2) is 0 Å². The highest BCUT2D eigenvalue weighted by molar-refractivity contribution is 6.10. The van der Waals surface area contributed by atoms with Crippen LogP contribution >= 0.6 is 0 Å². The summed E-state index contributed by atoms with van der Waals surface area (Å²) >= 11 is 0. The predicted octanol–water partition coefficient (Wildman–Crippen LogP) is 16.7. The predicted molar refractivity (Wildman–Crippen MR) is 257 cm³/mol. The van der Waals surface area contributed by atoms with Crippen LogP contribution in [-0.4, -0.2) is 0 Å². The average molecular weight is 780 g/mol. The maximum atomic E-state index is 6.57. The molecule has 0 saturated heterocycles. The number of anilines is 3. The second kappa shape index (κ2) is 13.7. The molecule has 0 unspecified atom stereocenters. The highest BCUT2D eigenvalue weighted by Gasteiger charge is 2.36. The summed E-state index contributed by atoms with van der Waals surface area (Å²) in [5, 5.41) is 7.23. The first-order valence-electron chi connectivity index (χ1n) is 21.2. The number of para-hydroxylation sites is 1. The quantitative estimate of drug-likeness (QED) is 0.156. The molecular formula is C59H41NO. The van der Waals surface area contributed by atoms with Gasteiger partial charge in [-0.15, -0.1) is 0 Å². The third kappa shape index (κ3) is 5.64. The number of rotatable bonds is 6. The van der Waals surface area contributed by atoms with Crippen molar-refractivity contribution in [2.75, 3.05) is 4.90 Å². The van der Waals surface area contributed by atoms with Gasteiger partial charge in [-0.3, -0.25) is 0 Å². The highest BCUT2D eigenvalue weighted by Crippen LogP contribution is 2.52. The van der Waals surface area contributed by atoms with Crippen LogP contribution in [0.1, 0.15) is 25.0 Å². The SMILES string of the molecule is CC1(C)c2ccccc2-c2ccc(N(c3ccc4c(c3)oc3ccccc34)c3cccc(-c4ccc5c(ccc6ccccc65)c4)c3-c3ccc(-c4ccccc4)cc3)cc21. The second-order valence-corrected chi connectivity index (χ2v) is 16.9. The molecule has 12 rings (SSSR count). The lowest BCUT2D eigenvalue weighted by molar-refractivity contribution is 0.660. The van der Waals surface area contributed by atoms with Crippen LogP contribution in [0.4, 0.5) is 17.1 Å². The minimum atomic E-state index is -0.163. The minimum Gasteiger partial charge on any atom is -0.456 e. The normalized spacial score (nSPS) is 12.9. The Balaban J connectivity index is 1.12. The zero-order valence-corrected chi connectivity index (χ0v) is 34.1. The van der Waals surface area contributed by atoms with Gasteiger partial charge < -0.3 is 9.32 Å². The maximum Gasteiger partial charge on any atom is 0.137 e. The molecule has 0 atom stereocenters. The third-order valence-corrected chi connectivity index (χ3v) is 13.1. The van der Waals surface area contributed by atoms with Gasteiger partial charge in [-0.25, -0.2) is 0 Å². The van der Waals surface area contributed by atoms with Crippen molar-refractivity contribution in [2.45, 2.75) is 19.3 Å². The molecule has 0 bridgehead atoms. The Kier molecular flexibility index (Phi) is 7.92.